The van der Waals surface area contributed by atoms with Crippen molar-refractivity contribution in [3.63, 3.8) is 0 Å². The van der Waals surface area contributed by atoms with Gasteiger partial charge >= 0.3 is 0 Å². The number of thiazole rings is 1. The van der Waals surface area contributed by atoms with Crippen molar-refractivity contribution < 1.29 is 9.13 Å². The molecule has 0 atom stereocenters. The van der Waals surface area contributed by atoms with Crippen molar-refractivity contribution in [3.05, 3.63) is 45.7 Å². The monoisotopic (exact) mass is 308 g/mol. The number of halogens is 1. The Labute approximate surface area is 129 Å². The molecular formula is C16H21FN2OS. The van der Waals surface area contributed by atoms with Crippen LogP contribution in [-0.4, -0.2) is 17.6 Å². The Morgan fingerprint density at radius 2 is 2.19 bits per heavy atom. The number of hydrogen-bond donors (Lipinski definition) is 1. The molecule has 2 aromatic rings. The second-order valence-electron chi connectivity index (χ2n) is 5.22. The highest BCUT2D eigenvalue weighted by atomic mass is 32.1. The molecule has 114 valence electrons. The fraction of sp³-hybridized carbons (Fsp3) is 0.438. The fourth-order valence-electron chi connectivity index (χ4n) is 1.98. The maximum absolute atomic E-state index is 14.0. The SMILES string of the molecule is Cc1ncsc1CCOc1c(F)cccc1CNC(C)C. The largest absolute Gasteiger partial charge is 0.490 e. The minimum Gasteiger partial charge on any atom is -0.490 e. The number of aryl methyl sites for hydroxylation is 1. The Morgan fingerprint density at radius 1 is 1.38 bits per heavy atom. The van der Waals surface area contributed by atoms with Crippen LogP contribution in [0, 0.1) is 12.7 Å². The van der Waals surface area contributed by atoms with Crippen LogP contribution < -0.4 is 10.1 Å². The van der Waals surface area contributed by atoms with Gasteiger partial charge in [0.05, 0.1) is 17.8 Å². The third-order valence-electron chi connectivity index (χ3n) is 3.17. The van der Waals surface area contributed by atoms with Crippen LogP contribution >= 0.6 is 11.3 Å². The molecule has 0 spiro atoms. The summed E-state index contributed by atoms with van der Waals surface area (Å²) in [5.41, 5.74) is 3.70. The maximum Gasteiger partial charge on any atom is 0.165 e. The molecule has 1 heterocycles. The van der Waals surface area contributed by atoms with Crippen molar-refractivity contribution in [3.8, 4) is 5.75 Å². The van der Waals surface area contributed by atoms with Gasteiger partial charge in [0.25, 0.3) is 0 Å². The van der Waals surface area contributed by atoms with Gasteiger partial charge in [-0.05, 0) is 13.0 Å². The quantitative estimate of drug-likeness (QED) is 0.846. The molecule has 0 radical (unpaired) electrons. The van der Waals surface area contributed by atoms with E-state index in [9.17, 15) is 4.39 Å². The van der Waals surface area contributed by atoms with Gasteiger partial charge in [0.1, 0.15) is 0 Å². The minimum absolute atomic E-state index is 0.306. The van der Waals surface area contributed by atoms with Gasteiger partial charge in [-0.2, -0.15) is 0 Å². The van der Waals surface area contributed by atoms with Crippen LogP contribution in [-0.2, 0) is 13.0 Å². The molecule has 0 saturated carbocycles. The Balaban J connectivity index is 1.99. The molecular weight excluding hydrogens is 287 g/mol. The van der Waals surface area contributed by atoms with Crippen LogP contribution in [0.1, 0.15) is 30.0 Å². The molecule has 1 aromatic heterocycles. The third kappa shape index (κ3) is 4.51. The summed E-state index contributed by atoms with van der Waals surface area (Å²) in [5.74, 6) is 0.0481. The number of nitrogens with zero attached hydrogens (tertiary/aromatic N) is 1. The molecule has 0 fully saturated rings. The first-order valence-corrected chi connectivity index (χ1v) is 7.98. The van der Waals surface area contributed by atoms with E-state index in [1.54, 1.807) is 17.4 Å². The van der Waals surface area contributed by atoms with Crippen molar-refractivity contribution in [1.82, 2.24) is 10.3 Å². The summed E-state index contributed by atoms with van der Waals surface area (Å²) in [4.78, 5) is 5.39. The fourth-order valence-corrected chi connectivity index (χ4v) is 2.74. The molecule has 0 aliphatic heterocycles. The molecule has 0 saturated heterocycles. The van der Waals surface area contributed by atoms with Gasteiger partial charge in [0.2, 0.25) is 0 Å². The highest BCUT2D eigenvalue weighted by molar-refractivity contribution is 7.09. The van der Waals surface area contributed by atoms with Gasteiger partial charge in [-0.1, -0.05) is 26.0 Å². The van der Waals surface area contributed by atoms with Crippen molar-refractivity contribution in [1.29, 1.82) is 0 Å². The van der Waals surface area contributed by atoms with Crippen LogP contribution in [0.3, 0.4) is 0 Å². The third-order valence-corrected chi connectivity index (χ3v) is 4.16. The van der Waals surface area contributed by atoms with Crippen molar-refractivity contribution in [2.45, 2.75) is 39.8 Å². The summed E-state index contributed by atoms with van der Waals surface area (Å²) in [6.45, 7) is 7.16. The normalized spacial score (nSPS) is 11.1. The first-order chi connectivity index (χ1) is 10.1. The zero-order valence-electron chi connectivity index (χ0n) is 12.6. The van der Waals surface area contributed by atoms with Gasteiger partial charge in [0, 0.05) is 29.4 Å². The first-order valence-electron chi connectivity index (χ1n) is 7.10. The van der Waals surface area contributed by atoms with E-state index >= 15 is 0 Å². The zero-order valence-corrected chi connectivity index (χ0v) is 13.5. The number of benzene rings is 1. The lowest BCUT2D eigenvalue weighted by molar-refractivity contribution is 0.301. The van der Waals surface area contributed by atoms with Crippen molar-refractivity contribution >= 4 is 11.3 Å². The van der Waals surface area contributed by atoms with Gasteiger partial charge in [0.15, 0.2) is 11.6 Å². The zero-order chi connectivity index (χ0) is 15.2. The highest BCUT2D eigenvalue weighted by Gasteiger charge is 2.11. The molecule has 3 nitrogen and oxygen atoms in total. The smallest absolute Gasteiger partial charge is 0.165 e. The molecule has 0 aliphatic rings. The van der Waals surface area contributed by atoms with Crippen LogP contribution in [0.4, 0.5) is 4.39 Å². The molecule has 21 heavy (non-hydrogen) atoms. The van der Waals surface area contributed by atoms with Crippen LogP contribution in [0.2, 0.25) is 0 Å². The van der Waals surface area contributed by atoms with Crippen LogP contribution in [0.25, 0.3) is 0 Å². The van der Waals surface area contributed by atoms with E-state index < -0.39 is 0 Å². The Kier molecular flexibility index (Phi) is 5.70. The summed E-state index contributed by atoms with van der Waals surface area (Å²) >= 11 is 1.61. The van der Waals surface area contributed by atoms with E-state index in [4.69, 9.17) is 4.74 Å². The van der Waals surface area contributed by atoms with Crippen LogP contribution in [0.5, 0.6) is 5.75 Å². The van der Waals surface area contributed by atoms with Crippen molar-refractivity contribution in [2.24, 2.45) is 0 Å². The predicted octanol–water partition coefficient (Wildman–Crippen LogP) is 3.71. The van der Waals surface area contributed by atoms with Gasteiger partial charge in [-0.15, -0.1) is 11.3 Å². The average molecular weight is 308 g/mol. The molecule has 5 heteroatoms. The van der Waals surface area contributed by atoms with E-state index in [0.717, 1.165) is 17.7 Å². The molecule has 2 rings (SSSR count). The lowest BCUT2D eigenvalue weighted by Crippen LogP contribution is -2.22. The van der Waals surface area contributed by atoms with E-state index in [2.05, 4.69) is 24.1 Å². The summed E-state index contributed by atoms with van der Waals surface area (Å²) < 4.78 is 19.6. The van der Waals surface area contributed by atoms with Gasteiger partial charge in [-0.3, -0.25) is 0 Å². The average Bonchev–Trinajstić information content (AvgIpc) is 2.84. The molecule has 0 amide bonds. The Morgan fingerprint density at radius 3 is 2.86 bits per heavy atom. The maximum atomic E-state index is 14.0. The predicted molar refractivity (Wildman–Crippen MR) is 84.4 cm³/mol. The van der Waals surface area contributed by atoms with Crippen molar-refractivity contribution in [2.75, 3.05) is 6.61 Å². The van der Waals surface area contributed by atoms with E-state index in [-0.39, 0.29) is 5.82 Å². The number of para-hydroxylation sites is 1. The Bertz CT molecular complexity index is 583. The van der Waals surface area contributed by atoms with E-state index in [0.29, 0.717) is 24.9 Å². The topological polar surface area (TPSA) is 34.1 Å². The van der Waals surface area contributed by atoms with E-state index in [1.807, 2.05) is 18.5 Å². The number of rotatable bonds is 7. The summed E-state index contributed by atoms with van der Waals surface area (Å²) in [7, 11) is 0. The number of nitrogens with one attached hydrogen (secondary N) is 1. The van der Waals surface area contributed by atoms with Gasteiger partial charge < -0.3 is 10.1 Å². The lowest BCUT2D eigenvalue weighted by Gasteiger charge is -2.14. The second-order valence-corrected chi connectivity index (χ2v) is 6.16. The Hall–Kier alpha value is -1.46. The van der Waals surface area contributed by atoms with Gasteiger partial charge in [-0.25, -0.2) is 9.37 Å². The highest BCUT2D eigenvalue weighted by Crippen LogP contribution is 2.23. The molecule has 1 aromatic carbocycles. The molecule has 1 N–H and O–H groups in total. The number of ether oxygens (including phenoxy) is 1. The molecule has 0 unspecified atom stereocenters. The molecule has 0 aliphatic carbocycles. The number of aromatic nitrogens is 1. The summed E-state index contributed by atoms with van der Waals surface area (Å²) in [5, 5.41) is 3.29. The second kappa shape index (κ2) is 7.52. The summed E-state index contributed by atoms with van der Waals surface area (Å²) in [6.07, 6.45) is 0.752. The lowest BCUT2D eigenvalue weighted by atomic mass is 10.2. The van der Waals surface area contributed by atoms with Crippen LogP contribution in [0.15, 0.2) is 23.7 Å². The molecule has 0 bridgehead atoms. The summed E-state index contributed by atoms with van der Waals surface area (Å²) in [6, 6.07) is 5.39. The first kappa shape index (κ1) is 15.9. The standard InChI is InChI=1S/C16H21FN2OS/c1-11(2)18-9-13-5-4-6-14(17)16(13)20-8-7-15-12(3)19-10-21-15/h4-6,10-11,18H,7-9H2,1-3H3. The van der Waals surface area contributed by atoms with E-state index in [1.165, 1.54) is 10.9 Å². The minimum atomic E-state index is -0.306. The number of hydrogen-bond acceptors (Lipinski definition) is 4.